The van der Waals surface area contributed by atoms with Crippen molar-refractivity contribution in [1.29, 1.82) is 0 Å². The van der Waals surface area contributed by atoms with Crippen LogP contribution in [0.3, 0.4) is 0 Å². The van der Waals surface area contributed by atoms with Crippen molar-refractivity contribution in [3.05, 3.63) is 93.5 Å². The minimum atomic E-state index is -0.466. The Kier molecular flexibility index (Phi) is 7.56. The Hall–Kier alpha value is -3.45. The van der Waals surface area contributed by atoms with E-state index in [1.54, 1.807) is 42.5 Å². The number of nitrogens with zero attached hydrogens (tertiary/aromatic N) is 1. The van der Waals surface area contributed by atoms with Gasteiger partial charge in [-0.1, -0.05) is 40.2 Å². The molecule has 0 unspecified atom stereocenters. The predicted molar refractivity (Wildman–Crippen MR) is 123 cm³/mol. The van der Waals surface area contributed by atoms with Crippen LogP contribution in [-0.2, 0) is 4.79 Å². The number of aryl methyl sites for hydroxylation is 2. The highest BCUT2D eigenvalue weighted by atomic mass is 79.9. The topological polar surface area (TPSA) is 77.0 Å². The fraction of sp³-hybridized carbons (Fsp3) is 0.125. The van der Waals surface area contributed by atoms with Crippen LogP contribution in [-0.4, -0.2) is 24.7 Å². The number of carbonyl (C=O) groups excluding carboxylic acids is 2. The van der Waals surface area contributed by atoms with E-state index >= 15 is 0 Å². The van der Waals surface area contributed by atoms with Gasteiger partial charge >= 0.3 is 5.97 Å². The highest BCUT2D eigenvalue weighted by Crippen LogP contribution is 2.17. The van der Waals surface area contributed by atoms with Crippen molar-refractivity contribution in [1.82, 2.24) is 5.43 Å². The highest BCUT2D eigenvalue weighted by molar-refractivity contribution is 9.10. The lowest BCUT2D eigenvalue weighted by Crippen LogP contribution is -2.24. The number of hydrogen-bond acceptors (Lipinski definition) is 5. The first-order valence-corrected chi connectivity index (χ1v) is 10.3. The van der Waals surface area contributed by atoms with E-state index in [1.807, 2.05) is 38.1 Å². The molecule has 3 aromatic rings. The summed E-state index contributed by atoms with van der Waals surface area (Å²) in [5.41, 5.74) is 5.76. The Morgan fingerprint density at radius 1 is 0.968 bits per heavy atom. The molecule has 6 nitrogen and oxygen atoms in total. The second-order valence-electron chi connectivity index (χ2n) is 6.80. The Labute approximate surface area is 189 Å². The maximum absolute atomic E-state index is 12.3. The van der Waals surface area contributed by atoms with Crippen molar-refractivity contribution in [2.45, 2.75) is 13.8 Å². The Morgan fingerprint density at radius 3 is 2.55 bits per heavy atom. The fourth-order valence-corrected chi connectivity index (χ4v) is 3.00. The first kappa shape index (κ1) is 22.2. The minimum Gasteiger partial charge on any atom is -0.484 e. The smallest absolute Gasteiger partial charge is 0.343 e. The lowest BCUT2D eigenvalue weighted by atomic mass is 10.1. The Balaban J connectivity index is 1.52. The van der Waals surface area contributed by atoms with Gasteiger partial charge < -0.3 is 9.47 Å². The second-order valence-corrected chi connectivity index (χ2v) is 7.72. The zero-order valence-electron chi connectivity index (χ0n) is 17.1. The minimum absolute atomic E-state index is 0.149. The molecule has 0 saturated heterocycles. The number of halogens is 1. The van der Waals surface area contributed by atoms with Crippen LogP contribution in [0, 0.1) is 13.8 Å². The third-order valence-electron chi connectivity index (χ3n) is 4.38. The third kappa shape index (κ3) is 6.79. The predicted octanol–water partition coefficient (Wildman–Crippen LogP) is 4.81. The second kappa shape index (κ2) is 10.5. The van der Waals surface area contributed by atoms with Crippen molar-refractivity contribution in [3.63, 3.8) is 0 Å². The van der Waals surface area contributed by atoms with E-state index in [-0.39, 0.29) is 12.5 Å². The molecule has 0 aliphatic rings. The van der Waals surface area contributed by atoms with Gasteiger partial charge in [0.2, 0.25) is 0 Å². The van der Waals surface area contributed by atoms with Crippen molar-refractivity contribution in [2.24, 2.45) is 5.10 Å². The number of esters is 1. The maximum atomic E-state index is 12.3. The van der Waals surface area contributed by atoms with E-state index < -0.39 is 5.97 Å². The summed E-state index contributed by atoms with van der Waals surface area (Å²) in [5, 5.41) is 3.92. The van der Waals surface area contributed by atoms with Crippen LogP contribution in [0.4, 0.5) is 0 Å². The molecule has 3 aromatic carbocycles. The summed E-state index contributed by atoms with van der Waals surface area (Å²) < 4.78 is 11.7. The third-order valence-corrected chi connectivity index (χ3v) is 4.87. The summed E-state index contributed by atoms with van der Waals surface area (Å²) in [6, 6.07) is 19.4. The molecule has 0 aliphatic heterocycles. The van der Waals surface area contributed by atoms with Crippen LogP contribution in [0.5, 0.6) is 11.5 Å². The van der Waals surface area contributed by atoms with Gasteiger partial charge in [-0.3, -0.25) is 4.79 Å². The number of benzene rings is 3. The van der Waals surface area contributed by atoms with E-state index in [2.05, 4.69) is 26.5 Å². The molecule has 0 spiro atoms. The van der Waals surface area contributed by atoms with Gasteiger partial charge in [0.15, 0.2) is 6.61 Å². The first-order valence-electron chi connectivity index (χ1n) is 9.50. The standard InChI is InChI=1S/C24H21BrN2O4/c1-16-9-10-21(11-17(16)2)30-15-23(28)27-26-14-18-5-3-8-22(12-18)31-24(29)19-6-4-7-20(25)13-19/h3-14H,15H2,1-2H3,(H,27,28)/b26-14+. The van der Waals surface area contributed by atoms with Crippen LogP contribution in [0.2, 0.25) is 0 Å². The molecule has 1 amide bonds. The van der Waals surface area contributed by atoms with E-state index in [1.165, 1.54) is 6.21 Å². The van der Waals surface area contributed by atoms with Crippen LogP contribution in [0.1, 0.15) is 27.0 Å². The average Bonchev–Trinajstić information content (AvgIpc) is 2.75. The van der Waals surface area contributed by atoms with Gasteiger partial charge in [-0.05, 0) is 73.0 Å². The molecule has 1 N–H and O–H groups in total. The van der Waals surface area contributed by atoms with Crippen molar-refractivity contribution in [3.8, 4) is 11.5 Å². The number of hydrazone groups is 1. The van der Waals surface area contributed by atoms with Crippen LogP contribution >= 0.6 is 15.9 Å². The van der Waals surface area contributed by atoms with Gasteiger partial charge in [0, 0.05) is 4.47 Å². The van der Waals surface area contributed by atoms with Crippen LogP contribution in [0.15, 0.2) is 76.3 Å². The highest BCUT2D eigenvalue weighted by Gasteiger charge is 2.09. The molecule has 0 aromatic heterocycles. The summed E-state index contributed by atoms with van der Waals surface area (Å²) in [6.07, 6.45) is 1.46. The molecule has 3 rings (SSSR count). The molecule has 0 aliphatic carbocycles. The zero-order valence-corrected chi connectivity index (χ0v) is 18.7. The SMILES string of the molecule is Cc1ccc(OCC(=O)N/N=C/c2cccc(OC(=O)c3cccc(Br)c3)c2)cc1C. The maximum Gasteiger partial charge on any atom is 0.343 e. The quantitative estimate of drug-likeness (QED) is 0.227. The van der Waals surface area contributed by atoms with Crippen molar-refractivity contribution >= 4 is 34.0 Å². The summed E-state index contributed by atoms with van der Waals surface area (Å²) in [7, 11) is 0. The van der Waals surface area contributed by atoms with Gasteiger partial charge in [0.25, 0.3) is 5.91 Å². The molecular weight excluding hydrogens is 460 g/mol. The van der Waals surface area contributed by atoms with Gasteiger partial charge in [0.05, 0.1) is 11.8 Å². The Morgan fingerprint density at radius 2 is 1.77 bits per heavy atom. The Bertz CT molecular complexity index is 1130. The van der Waals surface area contributed by atoms with Gasteiger partial charge in [-0.2, -0.15) is 5.10 Å². The van der Waals surface area contributed by atoms with Crippen molar-refractivity contribution < 1.29 is 19.1 Å². The summed E-state index contributed by atoms with van der Waals surface area (Å²) in [5.74, 6) is 0.152. The fourth-order valence-electron chi connectivity index (χ4n) is 2.60. The number of nitrogens with one attached hydrogen (secondary N) is 1. The molecule has 0 fully saturated rings. The van der Waals surface area contributed by atoms with E-state index in [0.29, 0.717) is 22.6 Å². The largest absolute Gasteiger partial charge is 0.484 e. The number of amides is 1. The van der Waals surface area contributed by atoms with Crippen LogP contribution < -0.4 is 14.9 Å². The number of rotatable bonds is 7. The van der Waals surface area contributed by atoms with Crippen molar-refractivity contribution in [2.75, 3.05) is 6.61 Å². The molecular formula is C24H21BrN2O4. The molecule has 0 bridgehead atoms. The summed E-state index contributed by atoms with van der Waals surface area (Å²) in [6.45, 7) is 3.85. The van der Waals surface area contributed by atoms with Gasteiger partial charge in [0.1, 0.15) is 11.5 Å². The number of carbonyl (C=O) groups is 2. The number of hydrogen-bond donors (Lipinski definition) is 1. The van der Waals surface area contributed by atoms with Crippen LogP contribution in [0.25, 0.3) is 0 Å². The molecule has 31 heavy (non-hydrogen) atoms. The summed E-state index contributed by atoms with van der Waals surface area (Å²) >= 11 is 3.33. The van der Waals surface area contributed by atoms with Gasteiger partial charge in [-0.15, -0.1) is 0 Å². The molecule has 0 saturated carbocycles. The molecule has 7 heteroatoms. The van der Waals surface area contributed by atoms with Gasteiger partial charge in [-0.25, -0.2) is 10.2 Å². The van der Waals surface area contributed by atoms with E-state index in [9.17, 15) is 9.59 Å². The van der Waals surface area contributed by atoms with E-state index in [0.717, 1.165) is 15.6 Å². The zero-order chi connectivity index (χ0) is 22.2. The molecule has 0 radical (unpaired) electrons. The number of ether oxygens (including phenoxy) is 2. The normalized spacial score (nSPS) is 10.7. The first-order chi connectivity index (χ1) is 14.9. The molecule has 0 atom stereocenters. The lowest BCUT2D eigenvalue weighted by Gasteiger charge is -2.07. The molecule has 158 valence electrons. The lowest BCUT2D eigenvalue weighted by molar-refractivity contribution is -0.123. The molecule has 0 heterocycles. The average molecular weight is 481 g/mol. The summed E-state index contributed by atoms with van der Waals surface area (Å²) in [4.78, 5) is 24.2. The monoisotopic (exact) mass is 480 g/mol. The van der Waals surface area contributed by atoms with E-state index in [4.69, 9.17) is 9.47 Å².